The molecule has 1 saturated carbocycles. The van der Waals surface area contributed by atoms with Gasteiger partial charge in [0.1, 0.15) is 0 Å². The van der Waals surface area contributed by atoms with Crippen LogP contribution < -0.4 is 14.5 Å². The molecule has 2 heterocycles. The van der Waals surface area contributed by atoms with Crippen molar-refractivity contribution in [3.63, 3.8) is 0 Å². The van der Waals surface area contributed by atoms with E-state index < -0.39 is 46.8 Å². The molecule has 51 heavy (non-hydrogen) atoms. The number of carbonyl (C=O) groups excluding carboxylic acids is 4. The van der Waals surface area contributed by atoms with Crippen LogP contribution in [0.4, 0.5) is 11.4 Å². The summed E-state index contributed by atoms with van der Waals surface area (Å²) >= 11 is 12.9. The molecular weight excluding hydrogens is 687 g/mol. The minimum Gasteiger partial charge on any atom is -0.504 e. The summed E-state index contributed by atoms with van der Waals surface area (Å²) in [6.45, 7) is 3.95. The lowest BCUT2D eigenvalue weighted by molar-refractivity contribution is -0.127. The lowest BCUT2D eigenvalue weighted by Crippen LogP contribution is -2.53. The molecule has 1 N–H and O–H groups in total. The van der Waals surface area contributed by atoms with E-state index in [0.717, 1.165) is 11.1 Å². The molecule has 8 nitrogen and oxygen atoms in total. The smallest absolute Gasteiger partial charge is 0.246 e. The molecule has 0 bridgehead atoms. The number of phenolic OH excluding ortho intramolecular Hbond substituents is 1. The monoisotopic (exact) mass is 720 g/mol. The van der Waals surface area contributed by atoms with E-state index in [1.165, 1.54) is 15.9 Å². The number of carbonyl (C=O) groups is 4. The summed E-state index contributed by atoms with van der Waals surface area (Å²) in [5, 5.41) is 11.6. The minimum atomic E-state index is -1.44. The van der Waals surface area contributed by atoms with Gasteiger partial charge in [0.15, 0.2) is 11.5 Å². The Morgan fingerprint density at radius 3 is 2.31 bits per heavy atom. The largest absolute Gasteiger partial charge is 0.504 e. The van der Waals surface area contributed by atoms with Crippen LogP contribution >= 0.6 is 23.2 Å². The third-order valence-electron chi connectivity index (χ3n) is 11.2. The third-order valence-corrected chi connectivity index (χ3v) is 11.8. The van der Waals surface area contributed by atoms with Crippen molar-refractivity contribution >= 4 is 58.2 Å². The number of aromatic hydroxyl groups is 1. The Morgan fingerprint density at radius 2 is 1.59 bits per heavy atom. The topological polar surface area (TPSA) is 104 Å². The Labute approximate surface area is 305 Å². The summed E-state index contributed by atoms with van der Waals surface area (Å²) in [5.74, 6) is -4.91. The zero-order valence-electron chi connectivity index (χ0n) is 27.9. The third kappa shape index (κ3) is 4.87. The number of rotatable bonds is 6. The number of nitrogens with zero attached hydrogens (tertiary/aromatic N) is 2. The Hall–Kier alpha value is -4.92. The van der Waals surface area contributed by atoms with Gasteiger partial charge in [-0.2, -0.15) is 0 Å². The first-order valence-corrected chi connectivity index (χ1v) is 17.8. The maximum absolute atomic E-state index is 15.4. The maximum atomic E-state index is 15.4. The van der Waals surface area contributed by atoms with Crippen LogP contribution in [0, 0.1) is 30.6 Å². The van der Waals surface area contributed by atoms with Gasteiger partial charge in [0, 0.05) is 16.0 Å². The van der Waals surface area contributed by atoms with Crippen LogP contribution in [0.1, 0.15) is 42.4 Å². The summed E-state index contributed by atoms with van der Waals surface area (Å²) in [6.07, 6.45) is 2.44. The summed E-state index contributed by atoms with van der Waals surface area (Å²) in [4.78, 5) is 61.4. The van der Waals surface area contributed by atoms with Gasteiger partial charge in [0.25, 0.3) is 0 Å². The number of ether oxygens (including phenoxy) is 1. The Morgan fingerprint density at radius 1 is 0.824 bits per heavy atom. The highest BCUT2D eigenvalue weighted by Gasteiger charge is 2.70. The van der Waals surface area contributed by atoms with Crippen molar-refractivity contribution in [2.24, 2.45) is 23.7 Å². The highest BCUT2D eigenvalue weighted by atomic mass is 35.5. The number of imide groups is 2. The van der Waals surface area contributed by atoms with Gasteiger partial charge in [-0.25, -0.2) is 9.80 Å². The summed E-state index contributed by atoms with van der Waals surface area (Å²) in [6, 6.07) is 26.1. The minimum absolute atomic E-state index is 0.0608. The first kappa shape index (κ1) is 33.2. The van der Waals surface area contributed by atoms with Crippen molar-refractivity contribution in [1.82, 2.24) is 0 Å². The maximum Gasteiger partial charge on any atom is 0.246 e. The van der Waals surface area contributed by atoms with E-state index in [-0.39, 0.29) is 36.2 Å². The normalized spacial score (nSPS) is 26.9. The SMILES string of the molecule is CCOc1cc([C@H]2C3=CC[C@@H]4C(=O)N(c5ccc(C)c(Cl)c5)C(=O)[C@@H]4[C@@H]3C[C@H]3C(=O)N(c4cccc(Cl)c4)C(=O)[C@@]23c2ccccc2)ccc1O. The van der Waals surface area contributed by atoms with Crippen LogP contribution in [0.5, 0.6) is 11.5 Å². The molecule has 0 spiro atoms. The molecule has 8 rings (SSSR count). The standard InChI is InChI=1S/C41H34Cl2N2O6/c1-3-51-34-18-23(13-17-33(34)46)36-28-15-16-29-35(39(49)44(37(29)47)27-14-12-22(2)32(43)20-27)30(28)21-31-38(48)45(26-11-7-10-25(42)19-26)40(50)41(31,36)24-8-5-4-6-9-24/h4-15,17-20,29-31,35-36,46H,3,16,21H2,1-2H3/t29-,30+,31-,35-,36-,41+/m0/s1. The average Bonchev–Trinajstić information content (AvgIpc) is 3.51. The van der Waals surface area contributed by atoms with Crippen LogP contribution in [-0.2, 0) is 24.6 Å². The summed E-state index contributed by atoms with van der Waals surface area (Å²) in [5.41, 5.74) is 2.25. The Kier molecular flexibility index (Phi) is 8.07. The molecule has 4 aromatic rings. The second kappa shape index (κ2) is 12.4. The number of benzene rings is 4. The molecule has 4 aliphatic rings. The first-order chi connectivity index (χ1) is 24.6. The van der Waals surface area contributed by atoms with Crippen molar-refractivity contribution in [2.45, 2.75) is 38.0 Å². The fourth-order valence-corrected chi connectivity index (χ4v) is 9.43. The fourth-order valence-electron chi connectivity index (χ4n) is 9.08. The number of phenols is 1. The van der Waals surface area contributed by atoms with E-state index in [1.54, 1.807) is 54.6 Å². The van der Waals surface area contributed by atoms with Crippen molar-refractivity contribution in [3.05, 3.63) is 129 Å². The van der Waals surface area contributed by atoms with E-state index >= 15 is 4.79 Å². The van der Waals surface area contributed by atoms with E-state index in [9.17, 15) is 19.5 Å². The number of hydrogen-bond acceptors (Lipinski definition) is 6. The van der Waals surface area contributed by atoms with Gasteiger partial charge in [0.2, 0.25) is 23.6 Å². The molecule has 258 valence electrons. The highest BCUT2D eigenvalue weighted by molar-refractivity contribution is 6.33. The Bertz CT molecular complexity index is 2170. The molecular formula is C41H34Cl2N2O6. The number of halogens is 2. The molecule has 2 aliphatic carbocycles. The molecule has 3 fully saturated rings. The molecule has 4 aromatic carbocycles. The second-order valence-corrected chi connectivity index (χ2v) is 14.5. The van der Waals surface area contributed by atoms with E-state index in [1.807, 2.05) is 50.3 Å². The molecule has 4 amide bonds. The molecule has 10 heteroatoms. The molecule has 0 unspecified atom stereocenters. The van der Waals surface area contributed by atoms with E-state index in [2.05, 4.69) is 0 Å². The van der Waals surface area contributed by atoms with Crippen LogP contribution in [-0.4, -0.2) is 35.3 Å². The van der Waals surface area contributed by atoms with Crippen LogP contribution in [0.2, 0.25) is 10.0 Å². The van der Waals surface area contributed by atoms with Gasteiger partial charge in [-0.05, 0) is 91.8 Å². The van der Waals surface area contributed by atoms with Gasteiger partial charge < -0.3 is 9.84 Å². The highest BCUT2D eigenvalue weighted by Crippen LogP contribution is 2.65. The molecule has 2 saturated heterocycles. The zero-order valence-corrected chi connectivity index (χ0v) is 29.4. The first-order valence-electron chi connectivity index (χ1n) is 17.1. The fraction of sp³-hybridized carbons (Fsp3) is 0.268. The van der Waals surface area contributed by atoms with Crippen LogP contribution in [0.25, 0.3) is 0 Å². The lowest BCUT2D eigenvalue weighted by atomic mass is 9.49. The summed E-state index contributed by atoms with van der Waals surface area (Å²) in [7, 11) is 0. The van der Waals surface area contributed by atoms with Crippen LogP contribution in [0.15, 0.2) is 103 Å². The number of amides is 4. The number of aryl methyl sites for hydroxylation is 1. The van der Waals surface area contributed by atoms with Crippen molar-refractivity contribution < 1.29 is 29.0 Å². The van der Waals surface area contributed by atoms with Crippen LogP contribution in [0.3, 0.4) is 0 Å². The molecule has 2 aliphatic heterocycles. The van der Waals surface area contributed by atoms with Gasteiger partial charge in [-0.3, -0.25) is 19.2 Å². The number of allylic oxidation sites excluding steroid dienone is 2. The van der Waals surface area contributed by atoms with Crippen molar-refractivity contribution in [2.75, 3.05) is 16.4 Å². The van der Waals surface area contributed by atoms with Crippen molar-refractivity contribution in [3.8, 4) is 11.5 Å². The van der Waals surface area contributed by atoms with Gasteiger partial charge in [0.05, 0.1) is 41.2 Å². The van der Waals surface area contributed by atoms with Gasteiger partial charge in [-0.1, -0.05) is 83.4 Å². The lowest BCUT2D eigenvalue weighted by Gasteiger charge is -2.50. The zero-order chi connectivity index (χ0) is 35.8. The quantitative estimate of drug-likeness (QED) is 0.161. The summed E-state index contributed by atoms with van der Waals surface area (Å²) < 4.78 is 5.82. The van der Waals surface area contributed by atoms with E-state index in [0.29, 0.717) is 39.2 Å². The number of hydrogen-bond donors (Lipinski definition) is 1. The van der Waals surface area contributed by atoms with Gasteiger partial charge in [-0.15, -0.1) is 0 Å². The van der Waals surface area contributed by atoms with Crippen molar-refractivity contribution in [1.29, 1.82) is 0 Å². The predicted octanol–water partition coefficient (Wildman–Crippen LogP) is 7.77. The number of anilines is 2. The number of fused-ring (bicyclic) bond motifs is 4. The van der Waals surface area contributed by atoms with Gasteiger partial charge >= 0.3 is 0 Å². The second-order valence-electron chi connectivity index (χ2n) is 13.7. The average molecular weight is 722 g/mol. The predicted molar refractivity (Wildman–Crippen MR) is 194 cm³/mol. The molecule has 0 radical (unpaired) electrons. The Balaban J connectivity index is 1.35. The molecule has 6 atom stereocenters. The molecule has 0 aromatic heterocycles. The van der Waals surface area contributed by atoms with E-state index in [4.69, 9.17) is 27.9 Å².